The number of nitrogens with zero attached hydrogens (tertiary/aromatic N) is 2. The molecule has 35 heavy (non-hydrogen) atoms. The van der Waals surface area contributed by atoms with E-state index < -0.39 is 29.2 Å². The molecule has 1 amide bonds. The number of rotatable bonds is 5. The Labute approximate surface area is 202 Å². The number of fused-ring (bicyclic) bond motifs is 2. The zero-order chi connectivity index (χ0) is 24.9. The molecule has 2 aromatic carbocycles. The number of halogens is 1. The molecule has 8 nitrogen and oxygen atoms in total. The molecule has 0 bridgehead atoms. The summed E-state index contributed by atoms with van der Waals surface area (Å²) in [5.74, 6) is -1.30. The topological polar surface area (TPSA) is 98.9 Å². The van der Waals surface area contributed by atoms with Gasteiger partial charge in [0.15, 0.2) is 10.6 Å². The van der Waals surface area contributed by atoms with Crippen LogP contribution in [0.25, 0.3) is 11.0 Å². The Hall–Kier alpha value is -4.05. The van der Waals surface area contributed by atoms with Crippen molar-refractivity contribution in [2.75, 3.05) is 18.6 Å². The monoisotopic (exact) mass is 494 g/mol. The van der Waals surface area contributed by atoms with Crippen molar-refractivity contribution in [3.63, 3.8) is 0 Å². The molecular weight excluding hydrogens is 475 g/mol. The zero-order valence-corrected chi connectivity index (χ0v) is 19.8. The number of carbonyl (C=O) groups excluding carboxylic acids is 2. The number of aromatic nitrogens is 1. The summed E-state index contributed by atoms with van der Waals surface area (Å²) >= 11 is 0.977. The highest BCUT2D eigenvalue weighted by Crippen LogP contribution is 2.43. The third kappa shape index (κ3) is 3.66. The lowest BCUT2D eigenvalue weighted by atomic mass is 9.98. The number of benzene rings is 2. The van der Waals surface area contributed by atoms with E-state index in [2.05, 4.69) is 4.98 Å². The standard InChI is InChI=1S/C25H19FN2O6S/c1-4-33-15-8-5-13(6-9-15)19-18-20(29)16-11-14(26)7-10-17(16)34-21(18)23(30)28(19)25-27-12(2)22(35-25)24(31)32-3/h5-11,19H,4H2,1-3H3. The second kappa shape index (κ2) is 8.62. The predicted octanol–water partition coefficient (Wildman–Crippen LogP) is 4.63. The Kier molecular flexibility index (Phi) is 5.60. The number of anilines is 1. The summed E-state index contributed by atoms with van der Waals surface area (Å²) in [4.78, 5) is 45.3. The fourth-order valence-corrected chi connectivity index (χ4v) is 5.15. The van der Waals surface area contributed by atoms with Crippen LogP contribution in [0.2, 0.25) is 0 Å². The molecule has 10 heteroatoms. The molecule has 2 aromatic heterocycles. The molecule has 5 rings (SSSR count). The number of hydrogen-bond donors (Lipinski definition) is 0. The minimum atomic E-state index is -0.909. The first-order valence-electron chi connectivity index (χ1n) is 10.7. The molecule has 0 aliphatic carbocycles. The molecule has 1 unspecified atom stereocenters. The van der Waals surface area contributed by atoms with E-state index in [9.17, 15) is 18.8 Å². The summed E-state index contributed by atoms with van der Waals surface area (Å²) in [7, 11) is 1.26. The highest BCUT2D eigenvalue weighted by atomic mass is 32.1. The Bertz CT molecular complexity index is 1540. The van der Waals surface area contributed by atoms with Gasteiger partial charge in [-0.3, -0.25) is 14.5 Å². The molecular formula is C25H19FN2O6S. The Morgan fingerprint density at radius 2 is 1.94 bits per heavy atom. The van der Waals surface area contributed by atoms with Gasteiger partial charge in [-0.1, -0.05) is 23.5 Å². The van der Waals surface area contributed by atoms with Crippen molar-refractivity contribution in [3.05, 3.63) is 86.0 Å². The number of hydrogen-bond acceptors (Lipinski definition) is 8. The Morgan fingerprint density at radius 3 is 2.63 bits per heavy atom. The lowest BCUT2D eigenvalue weighted by Gasteiger charge is -2.22. The van der Waals surface area contributed by atoms with E-state index in [1.165, 1.54) is 18.1 Å². The smallest absolute Gasteiger partial charge is 0.350 e. The molecule has 1 aliphatic rings. The van der Waals surface area contributed by atoms with Gasteiger partial charge in [-0.05, 0) is 49.7 Å². The molecule has 4 aromatic rings. The number of carbonyl (C=O) groups is 2. The van der Waals surface area contributed by atoms with Crippen LogP contribution < -0.4 is 15.1 Å². The molecule has 0 saturated heterocycles. The van der Waals surface area contributed by atoms with Crippen molar-refractivity contribution in [2.45, 2.75) is 19.9 Å². The second-order valence-electron chi connectivity index (χ2n) is 7.80. The summed E-state index contributed by atoms with van der Waals surface area (Å²) in [6.45, 7) is 3.97. The molecule has 3 heterocycles. The zero-order valence-electron chi connectivity index (χ0n) is 19.0. The third-order valence-electron chi connectivity index (χ3n) is 5.70. The van der Waals surface area contributed by atoms with E-state index in [1.807, 2.05) is 6.92 Å². The summed E-state index contributed by atoms with van der Waals surface area (Å²) in [5.41, 5.74) is 0.636. The van der Waals surface area contributed by atoms with Crippen LogP contribution in [0, 0.1) is 12.7 Å². The maximum absolute atomic E-state index is 14.0. The second-order valence-corrected chi connectivity index (χ2v) is 8.77. The fraction of sp³-hybridized carbons (Fsp3) is 0.200. The molecule has 0 radical (unpaired) electrons. The van der Waals surface area contributed by atoms with Crippen molar-refractivity contribution >= 4 is 39.3 Å². The van der Waals surface area contributed by atoms with Crippen LogP contribution in [-0.2, 0) is 4.74 Å². The number of thiazole rings is 1. The summed E-state index contributed by atoms with van der Waals surface area (Å²) in [5, 5.41) is 0.229. The molecule has 1 aliphatic heterocycles. The van der Waals surface area contributed by atoms with Crippen LogP contribution >= 0.6 is 11.3 Å². The molecule has 0 saturated carbocycles. The van der Waals surface area contributed by atoms with Crippen molar-refractivity contribution in [1.82, 2.24) is 4.98 Å². The minimum absolute atomic E-state index is 0.0277. The third-order valence-corrected chi connectivity index (χ3v) is 6.84. The summed E-state index contributed by atoms with van der Waals surface area (Å²) in [6, 6.07) is 9.59. The number of esters is 1. The molecule has 178 valence electrons. The maximum atomic E-state index is 14.0. The predicted molar refractivity (Wildman–Crippen MR) is 127 cm³/mol. The van der Waals surface area contributed by atoms with E-state index >= 15 is 0 Å². The van der Waals surface area contributed by atoms with Crippen molar-refractivity contribution in [2.24, 2.45) is 0 Å². The van der Waals surface area contributed by atoms with E-state index in [-0.39, 0.29) is 32.3 Å². The fourth-order valence-electron chi connectivity index (χ4n) is 4.14. The van der Waals surface area contributed by atoms with Gasteiger partial charge in [-0.15, -0.1) is 0 Å². The molecule has 1 atom stereocenters. The van der Waals surface area contributed by atoms with E-state index in [0.717, 1.165) is 23.5 Å². The van der Waals surface area contributed by atoms with Gasteiger partial charge in [-0.2, -0.15) is 0 Å². The number of methoxy groups -OCH3 is 1. The van der Waals surface area contributed by atoms with Crippen molar-refractivity contribution in [3.8, 4) is 5.75 Å². The van der Waals surface area contributed by atoms with Crippen LogP contribution in [0.1, 0.15) is 50.0 Å². The van der Waals surface area contributed by atoms with Crippen LogP contribution in [0.4, 0.5) is 9.52 Å². The number of amides is 1. The number of ether oxygens (including phenoxy) is 2. The van der Waals surface area contributed by atoms with Gasteiger partial charge in [-0.25, -0.2) is 14.2 Å². The number of aryl methyl sites for hydroxylation is 1. The van der Waals surface area contributed by atoms with E-state index in [0.29, 0.717) is 23.6 Å². The van der Waals surface area contributed by atoms with Gasteiger partial charge >= 0.3 is 5.97 Å². The quantitative estimate of drug-likeness (QED) is 0.373. The summed E-state index contributed by atoms with van der Waals surface area (Å²) in [6.07, 6.45) is 0. The van der Waals surface area contributed by atoms with Gasteiger partial charge in [0.1, 0.15) is 22.0 Å². The van der Waals surface area contributed by atoms with Gasteiger partial charge in [0.25, 0.3) is 5.91 Å². The highest BCUT2D eigenvalue weighted by Gasteiger charge is 2.45. The average Bonchev–Trinajstić information content (AvgIpc) is 3.37. The van der Waals surface area contributed by atoms with Crippen molar-refractivity contribution < 1.29 is 27.9 Å². The minimum Gasteiger partial charge on any atom is -0.494 e. The van der Waals surface area contributed by atoms with Crippen LogP contribution in [0.15, 0.2) is 51.7 Å². The average molecular weight is 495 g/mol. The lowest BCUT2D eigenvalue weighted by Crippen LogP contribution is -2.29. The first kappa shape index (κ1) is 22.7. The Balaban J connectivity index is 1.75. The van der Waals surface area contributed by atoms with Crippen molar-refractivity contribution in [1.29, 1.82) is 0 Å². The summed E-state index contributed by atoms with van der Waals surface area (Å²) < 4.78 is 30.1. The van der Waals surface area contributed by atoms with Gasteiger partial charge < -0.3 is 13.9 Å². The van der Waals surface area contributed by atoms with Gasteiger partial charge in [0.2, 0.25) is 5.76 Å². The first-order valence-corrected chi connectivity index (χ1v) is 11.5. The SMILES string of the molecule is CCOc1ccc(C2c3c(oc4ccc(F)cc4c3=O)C(=O)N2c2nc(C)c(C(=O)OC)s2)cc1. The first-order chi connectivity index (χ1) is 16.8. The van der Waals surface area contributed by atoms with Gasteiger partial charge in [0, 0.05) is 0 Å². The lowest BCUT2D eigenvalue weighted by molar-refractivity contribution is 0.0605. The van der Waals surface area contributed by atoms with Gasteiger partial charge in [0.05, 0.1) is 36.4 Å². The largest absolute Gasteiger partial charge is 0.494 e. The van der Waals surface area contributed by atoms with E-state index in [4.69, 9.17) is 13.9 Å². The molecule has 0 spiro atoms. The van der Waals surface area contributed by atoms with E-state index in [1.54, 1.807) is 31.2 Å². The van der Waals surface area contributed by atoms with Crippen LogP contribution in [-0.4, -0.2) is 30.6 Å². The van der Waals surface area contributed by atoms with Crippen LogP contribution in [0.5, 0.6) is 5.75 Å². The highest BCUT2D eigenvalue weighted by molar-refractivity contribution is 7.17. The molecule has 0 fully saturated rings. The Morgan fingerprint density at radius 1 is 1.20 bits per heavy atom. The maximum Gasteiger partial charge on any atom is 0.350 e. The molecule has 0 N–H and O–H groups in total. The van der Waals surface area contributed by atoms with Crippen LogP contribution in [0.3, 0.4) is 0 Å². The normalized spacial score (nSPS) is 14.9.